The Morgan fingerprint density at radius 1 is 1.03 bits per heavy atom. The van der Waals surface area contributed by atoms with Gasteiger partial charge in [-0.25, -0.2) is 9.48 Å². The summed E-state index contributed by atoms with van der Waals surface area (Å²) in [5.74, 6) is -1.03. The summed E-state index contributed by atoms with van der Waals surface area (Å²) in [5.41, 5.74) is 3.81. The second-order valence-electron chi connectivity index (χ2n) is 7.11. The monoisotopic (exact) mass is 413 g/mol. The van der Waals surface area contributed by atoms with Crippen molar-refractivity contribution in [2.24, 2.45) is 0 Å². The molecule has 0 saturated carbocycles. The van der Waals surface area contributed by atoms with Gasteiger partial charge in [-0.2, -0.15) is 5.10 Å². The molecule has 0 radical (unpaired) electrons. The number of carbonyl (C=O) groups is 3. The molecule has 30 heavy (non-hydrogen) atoms. The van der Waals surface area contributed by atoms with Crippen LogP contribution in [0.4, 0.5) is 0 Å². The largest absolute Gasteiger partial charge is 0.466 e. The quantitative estimate of drug-likeness (QED) is 0.648. The highest BCUT2D eigenvalue weighted by Crippen LogP contribution is 2.27. The molecule has 8 heteroatoms. The van der Waals surface area contributed by atoms with Gasteiger partial charge in [0.05, 0.1) is 31.0 Å². The predicted molar refractivity (Wildman–Crippen MR) is 109 cm³/mol. The van der Waals surface area contributed by atoms with Crippen LogP contribution in [-0.4, -0.2) is 52.3 Å². The number of hydrogen-bond donors (Lipinski definition) is 0. The highest BCUT2D eigenvalue weighted by atomic mass is 16.5. The molecule has 160 valence electrons. The third-order valence-electron chi connectivity index (χ3n) is 5.01. The van der Waals surface area contributed by atoms with E-state index in [0.29, 0.717) is 25.1 Å². The molecule has 2 heterocycles. The number of rotatable bonds is 7. The molecule has 0 spiro atoms. The van der Waals surface area contributed by atoms with Gasteiger partial charge in [0.25, 0.3) is 0 Å². The number of amides is 1. The molecule has 0 aliphatic carbocycles. The van der Waals surface area contributed by atoms with E-state index in [1.807, 2.05) is 31.2 Å². The average Bonchev–Trinajstić information content (AvgIpc) is 3.12. The molecule has 1 aliphatic rings. The minimum absolute atomic E-state index is 0.0450. The van der Waals surface area contributed by atoms with E-state index in [4.69, 9.17) is 9.47 Å². The first-order valence-electron chi connectivity index (χ1n) is 10.2. The highest BCUT2D eigenvalue weighted by molar-refractivity contribution is 5.90. The third kappa shape index (κ3) is 4.69. The lowest BCUT2D eigenvalue weighted by Gasteiger charge is -2.28. The van der Waals surface area contributed by atoms with Crippen LogP contribution in [0.1, 0.15) is 54.0 Å². The number of aromatic nitrogens is 2. The van der Waals surface area contributed by atoms with Gasteiger partial charge in [0.1, 0.15) is 0 Å². The summed E-state index contributed by atoms with van der Waals surface area (Å²) in [7, 11) is 0. The average molecular weight is 413 g/mol. The molecule has 0 fully saturated rings. The van der Waals surface area contributed by atoms with Crippen molar-refractivity contribution in [2.75, 3.05) is 19.8 Å². The van der Waals surface area contributed by atoms with Crippen LogP contribution in [-0.2, 0) is 32.0 Å². The Labute approximate surface area is 175 Å². The van der Waals surface area contributed by atoms with Gasteiger partial charge in [0, 0.05) is 31.5 Å². The van der Waals surface area contributed by atoms with E-state index in [0.717, 1.165) is 16.9 Å². The zero-order valence-electron chi connectivity index (χ0n) is 17.6. The summed E-state index contributed by atoms with van der Waals surface area (Å²) in [4.78, 5) is 38.3. The molecular weight excluding hydrogens is 386 g/mol. The molecule has 1 amide bonds. The van der Waals surface area contributed by atoms with Crippen molar-refractivity contribution in [1.82, 2.24) is 14.7 Å². The maximum absolute atomic E-state index is 12.6. The lowest BCUT2D eigenvalue weighted by molar-refractivity contribution is -0.145. The fraction of sp³-hybridized carbons (Fsp3) is 0.455. The van der Waals surface area contributed by atoms with Crippen LogP contribution in [0.15, 0.2) is 24.3 Å². The van der Waals surface area contributed by atoms with Crippen LogP contribution < -0.4 is 0 Å². The molecule has 0 atom stereocenters. The van der Waals surface area contributed by atoms with Crippen molar-refractivity contribution < 1.29 is 23.9 Å². The van der Waals surface area contributed by atoms with Gasteiger partial charge in [-0.05, 0) is 32.9 Å². The molecular formula is C22H27N3O5. The Hall–Kier alpha value is -3.16. The highest BCUT2D eigenvalue weighted by Gasteiger charge is 2.31. The van der Waals surface area contributed by atoms with E-state index in [1.54, 1.807) is 23.4 Å². The van der Waals surface area contributed by atoms with Crippen LogP contribution in [0.5, 0.6) is 0 Å². The number of fused-ring (bicyclic) bond motifs is 1. The summed E-state index contributed by atoms with van der Waals surface area (Å²) in [5, 5.41) is 4.53. The summed E-state index contributed by atoms with van der Waals surface area (Å²) in [6, 6.07) is 7.88. The maximum Gasteiger partial charge on any atom is 0.359 e. The summed E-state index contributed by atoms with van der Waals surface area (Å²) in [6.45, 7) is 6.77. The number of benzene rings is 1. The Morgan fingerprint density at radius 2 is 1.73 bits per heavy atom. The van der Waals surface area contributed by atoms with Gasteiger partial charge in [-0.1, -0.05) is 17.7 Å². The number of esters is 2. The first kappa shape index (κ1) is 21.5. The second-order valence-corrected chi connectivity index (χ2v) is 7.11. The Bertz CT molecular complexity index is 933. The Morgan fingerprint density at radius 3 is 2.40 bits per heavy atom. The smallest absolute Gasteiger partial charge is 0.359 e. The number of carbonyl (C=O) groups excluding carboxylic acids is 3. The van der Waals surface area contributed by atoms with Crippen molar-refractivity contribution in [1.29, 1.82) is 0 Å². The van der Waals surface area contributed by atoms with Crippen LogP contribution in [0, 0.1) is 6.92 Å². The van der Waals surface area contributed by atoms with E-state index in [9.17, 15) is 14.4 Å². The van der Waals surface area contributed by atoms with Gasteiger partial charge < -0.3 is 14.4 Å². The number of aryl methyl sites for hydroxylation is 1. The topological polar surface area (TPSA) is 90.7 Å². The van der Waals surface area contributed by atoms with Crippen LogP contribution in [0.25, 0.3) is 5.69 Å². The van der Waals surface area contributed by atoms with E-state index < -0.39 is 5.97 Å². The Kier molecular flexibility index (Phi) is 6.87. The van der Waals surface area contributed by atoms with Crippen molar-refractivity contribution in [2.45, 2.75) is 46.6 Å². The standard InChI is InChI=1S/C22H27N3O5/c1-4-29-20(27)11-10-19(26)24-13-12-18-17(14-24)21(22(28)30-5-2)23-25(18)16-8-6-15(3)7-9-16/h6-9H,4-5,10-14H2,1-3H3. The minimum atomic E-state index is -0.500. The maximum atomic E-state index is 12.6. The van der Waals surface area contributed by atoms with E-state index in [2.05, 4.69) is 5.10 Å². The predicted octanol–water partition coefficient (Wildman–Crippen LogP) is 2.59. The van der Waals surface area contributed by atoms with Gasteiger partial charge in [0.2, 0.25) is 5.91 Å². The second kappa shape index (κ2) is 9.56. The Balaban J connectivity index is 1.86. The van der Waals surface area contributed by atoms with E-state index >= 15 is 0 Å². The summed E-state index contributed by atoms with van der Waals surface area (Å²) >= 11 is 0. The minimum Gasteiger partial charge on any atom is -0.466 e. The molecule has 8 nitrogen and oxygen atoms in total. The molecule has 1 aliphatic heterocycles. The number of nitrogens with zero attached hydrogens (tertiary/aromatic N) is 3. The van der Waals surface area contributed by atoms with Gasteiger partial charge >= 0.3 is 11.9 Å². The number of hydrogen-bond acceptors (Lipinski definition) is 6. The summed E-state index contributed by atoms with van der Waals surface area (Å²) < 4.78 is 11.8. The van der Waals surface area contributed by atoms with Crippen molar-refractivity contribution in [3.05, 3.63) is 46.8 Å². The fourth-order valence-corrected chi connectivity index (χ4v) is 3.50. The van der Waals surface area contributed by atoms with Crippen LogP contribution >= 0.6 is 0 Å². The zero-order valence-corrected chi connectivity index (χ0v) is 17.6. The van der Waals surface area contributed by atoms with E-state index in [-0.39, 0.29) is 43.6 Å². The zero-order chi connectivity index (χ0) is 21.7. The molecule has 3 rings (SSSR count). The lowest BCUT2D eigenvalue weighted by Crippen LogP contribution is -2.37. The molecule has 1 aromatic carbocycles. The van der Waals surface area contributed by atoms with Crippen molar-refractivity contribution >= 4 is 17.8 Å². The lowest BCUT2D eigenvalue weighted by atomic mass is 10.0. The third-order valence-corrected chi connectivity index (χ3v) is 5.01. The molecule has 1 aromatic heterocycles. The normalized spacial score (nSPS) is 13.0. The van der Waals surface area contributed by atoms with Gasteiger partial charge in [-0.3, -0.25) is 9.59 Å². The van der Waals surface area contributed by atoms with Crippen molar-refractivity contribution in [3.8, 4) is 5.69 Å². The van der Waals surface area contributed by atoms with Crippen LogP contribution in [0.2, 0.25) is 0 Å². The van der Waals surface area contributed by atoms with Gasteiger partial charge in [-0.15, -0.1) is 0 Å². The first-order chi connectivity index (χ1) is 14.4. The molecule has 2 aromatic rings. The van der Waals surface area contributed by atoms with Crippen molar-refractivity contribution in [3.63, 3.8) is 0 Å². The molecule has 0 saturated heterocycles. The first-order valence-corrected chi connectivity index (χ1v) is 10.2. The molecule has 0 bridgehead atoms. The summed E-state index contributed by atoms with van der Waals surface area (Å²) in [6.07, 6.45) is 0.680. The molecule has 0 unspecified atom stereocenters. The van der Waals surface area contributed by atoms with Crippen LogP contribution in [0.3, 0.4) is 0 Å². The SMILES string of the molecule is CCOC(=O)CCC(=O)N1CCc2c(c(C(=O)OCC)nn2-c2ccc(C)cc2)C1. The fourth-order valence-electron chi connectivity index (χ4n) is 3.50. The van der Waals surface area contributed by atoms with Gasteiger partial charge in [0.15, 0.2) is 5.69 Å². The van der Waals surface area contributed by atoms with E-state index in [1.165, 1.54) is 0 Å². The number of ether oxygens (including phenoxy) is 2. The molecule has 0 N–H and O–H groups in total.